The maximum atomic E-state index is 4.44. The van der Waals surface area contributed by atoms with E-state index in [0.717, 1.165) is 11.1 Å². The van der Waals surface area contributed by atoms with Crippen molar-refractivity contribution in [3.8, 4) is 23.0 Å². The Hall–Kier alpha value is -3.82. The Kier molecular flexibility index (Phi) is 13.4. The molecule has 0 N–H and O–H groups in total. The molecule has 0 aromatic heterocycles. The molecule has 0 aliphatic heterocycles. The summed E-state index contributed by atoms with van der Waals surface area (Å²) in [6.07, 6.45) is 8.16. The lowest BCUT2D eigenvalue weighted by atomic mass is 9.67. The van der Waals surface area contributed by atoms with Crippen LogP contribution >= 0.6 is 0 Å². The molecule has 0 nitrogen and oxygen atoms in total. The lowest BCUT2D eigenvalue weighted by Gasteiger charge is -2.34. The van der Waals surface area contributed by atoms with Gasteiger partial charge in [-0.15, -0.1) is 5.92 Å². The van der Waals surface area contributed by atoms with Crippen LogP contribution in [0.25, 0.3) is 11.1 Å². The molecule has 1 aliphatic carbocycles. The molecule has 3 aromatic carbocycles. The Morgan fingerprint density at radius 1 is 0.778 bits per heavy atom. The molecule has 0 heteroatoms. The van der Waals surface area contributed by atoms with E-state index in [2.05, 4.69) is 98.7 Å². The van der Waals surface area contributed by atoms with E-state index in [9.17, 15) is 0 Å². The van der Waals surface area contributed by atoms with Crippen LogP contribution < -0.4 is 0 Å². The van der Waals surface area contributed by atoms with Crippen molar-refractivity contribution in [3.63, 3.8) is 0 Å². The van der Waals surface area contributed by atoms with E-state index >= 15 is 0 Å². The summed E-state index contributed by atoms with van der Waals surface area (Å²) in [7, 11) is 0. The van der Waals surface area contributed by atoms with Gasteiger partial charge >= 0.3 is 0 Å². The summed E-state index contributed by atoms with van der Waals surface area (Å²) in [6, 6.07) is 27.3. The Morgan fingerprint density at radius 2 is 1.25 bits per heavy atom. The maximum Gasteiger partial charge on any atom is 0.0668 e. The molecule has 0 spiro atoms. The zero-order valence-electron chi connectivity index (χ0n) is 23.2. The van der Waals surface area contributed by atoms with Gasteiger partial charge in [-0.05, 0) is 60.7 Å². The third-order valence-electron chi connectivity index (χ3n) is 5.80. The molecule has 186 valence electrons. The number of benzene rings is 3. The molecule has 0 saturated heterocycles. The van der Waals surface area contributed by atoms with Crippen molar-refractivity contribution in [2.75, 3.05) is 0 Å². The first-order valence-electron chi connectivity index (χ1n) is 12.9. The van der Waals surface area contributed by atoms with Gasteiger partial charge < -0.3 is 0 Å². The number of hydrogen-bond donors (Lipinski definition) is 0. The molecule has 0 fully saturated rings. The predicted molar refractivity (Wildman–Crippen MR) is 162 cm³/mol. The summed E-state index contributed by atoms with van der Waals surface area (Å²) < 4.78 is 0. The summed E-state index contributed by atoms with van der Waals surface area (Å²) in [4.78, 5) is 0. The second-order valence-corrected chi connectivity index (χ2v) is 7.69. The van der Waals surface area contributed by atoms with Gasteiger partial charge in [-0.1, -0.05) is 143 Å². The van der Waals surface area contributed by atoms with E-state index in [-0.39, 0.29) is 5.41 Å². The molecule has 0 amide bonds. The standard InChI is InChI=1S/C23H22.C9H8.2C2H6/c1-5-11-17(3)23(18(4)12-6-2)21-15-9-7-13-19(21)20-14-8-10-16-22(20)23;1-2-6-9-7-4-3-5-8-9;2*1-2/h5-16H,1,4H2,2-3H3;3-5,7-8H,1H3;2*1-2H3/b12-6-,17-11+;;;. The first-order valence-corrected chi connectivity index (χ1v) is 12.9. The first-order chi connectivity index (χ1) is 17.6. The highest BCUT2D eigenvalue weighted by atomic mass is 14.5. The van der Waals surface area contributed by atoms with E-state index in [1.165, 1.54) is 27.8 Å². The molecule has 0 unspecified atom stereocenters. The van der Waals surface area contributed by atoms with Crippen LogP contribution in [0.4, 0.5) is 0 Å². The normalized spacial score (nSPS) is 12.0. The molecule has 3 aromatic rings. The average Bonchev–Trinajstić information content (AvgIpc) is 3.24. The Labute approximate surface area is 220 Å². The van der Waals surface area contributed by atoms with Gasteiger partial charge in [0.2, 0.25) is 0 Å². The van der Waals surface area contributed by atoms with Crippen LogP contribution in [-0.4, -0.2) is 0 Å². The highest BCUT2D eigenvalue weighted by Gasteiger charge is 2.45. The van der Waals surface area contributed by atoms with Gasteiger partial charge in [0.1, 0.15) is 0 Å². The fraction of sp³-hybridized carbons (Fsp3) is 0.222. The molecule has 36 heavy (non-hydrogen) atoms. The minimum Gasteiger partial charge on any atom is -0.101 e. The van der Waals surface area contributed by atoms with Crippen LogP contribution in [0, 0.1) is 11.8 Å². The molecule has 4 rings (SSSR count). The van der Waals surface area contributed by atoms with Gasteiger partial charge in [-0.25, -0.2) is 0 Å². The largest absolute Gasteiger partial charge is 0.101 e. The average molecular weight is 475 g/mol. The van der Waals surface area contributed by atoms with Crippen molar-refractivity contribution in [1.29, 1.82) is 0 Å². The van der Waals surface area contributed by atoms with Crippen LogP contribution in [0.1, 0.15) is 65.2 Å². The van der Waals surface area contributed by atoms with E-state index in [1.807, 2.05) is 78.0 Å². The monoisotopic (exact) mass is 474 g/mol. The fourth-order valence-corrected chi connectivity index (χ4v) is 4.55. The van der Waals surface area contributed by atoms with E-state index in [1.54, 1.807) is 0 Å². The molecular weight excluding hydrogens is 432 g/mol. The van der Waals surface area contributed by atoms with E-state index < -0.39 is 0 Å². The Bertz CT molecular complexity index is 1180. The summed E-state index contributed by atoms with van der Waals surface area (Å²) in [5.74, 6) is 5.79. The van der Waals surface area contributed by atoms with Gasteiger partial charge in [0, 0.05) is 5.56 Å². The van der Waals surface area contributed by atoms with Crippen LogP contribution in [0.2, 0.25) is 0 Å². The zero-order valence-corrected chi connectivity index (χ0v) is 23.2. The topological polar surface area (TPSA) is 0 Å². The van der Waals surface area contributed by atoms with Crippen molar-refractivity contribution in [2.45, 2.75) is 53.9 Å². The van der Waals surface area contributed by atoms with E-state index in [0.29, 0.717) is 0 Å². The van der Waals surface area contributed by atoms with Crippen LogP contribution in [0.3, 0.4) is 0 Å². The lowest BCUT2D eigenvalue weighted by Crippen LogP contribution is -2.28. The van der Waals surface area contributed by atoms with Gasteiger partial charge in [0.25, 0.3) is 0 Å². The van der Waals surface area contributed by atoms with Crippen molar-refractivity contribution in [1.82, 2.24) is 0 Å². The van der Waals surface area contributed by atoms with Crippen molar-refractivity contribution < 1.29 is 0 Å². The third kappa shape index (κ3) is 6.44. The second kappa shape index (κ2) is 16.0. The predicted octanol–water partition coefficient (Wildman–Crippen LogP) is 10.3. The van der Waals surface area contributed by atoms with Crippen LogP contribution in [-0.2, 0) is 5.41 Å². The molecule has 1 aliphatic rings. The summed E-state index contributed by atoms with van der Waals surface area (Å²) in [6.45, 7) is 22.4. The fourth-order valence-electron chi connectivity index (χ4n) is 4.55. The van der Waals surface area contributed by atoms with Crippen molar-refractivity contribution >= 4 is 0 Å². The summed E-state index contributed by atoms with van der Waals surface area (Å²) in [5, 5.41) is 0. The Morgan fingerprint density at radius 3 is 1.69 bits per heavy atom. The highest BCUT2D eigenvalue weighted by Crippen LogP contribution is 2.56. The summed E-state index contributed by atoms with van der Waals surface area (Å²) in [5.41, 5.74) is 8.31. The molecule has 0 atom stereocenters. The first kappa shape index (κ1) is 30.2. The van der Waals surface area contributed by atoms with Gasteiger partial charge in [0.05, 0.1) is 5.41 Å². The van der Waals surface area contributed by atoms with Crippen molar-refractivity contribution in [2.24, 2.45) is 0 Å². The summed E-state index contributed by atoms with van der Waals surface area (Å²) >= 11 is 0. The van der Waals surface area contributed by atoms with Gasteiger partial charge in [-0.3, -0.25) is 0 Å². The van der Waals surface area contributed by atoms with Gasteiger partial charge in [0.15, 0.2) is 0 Å². The molecule has 0 bridgehead atoms. The maximum absolute atomic E-state index is 4.44. The highest BCUT2D eigenvalue weighted by molar-refractivity contribution is 5.86. The molecule has 0 heterocycles. The number of hydrogen-bond acceptors (Lipinski definition) is 0. The number of rotatable bonds is 4. The van der Waals surface area contributed by atoms with Gasteiger partial charge in [-0.2, -0.15) is 0 Å². The number of fused-ring (bicyclic) bond motifs is 3. The molecular formula is C36H42. The molecule has 0 saturated carbocycles. The van der Waals surface area contributed by atoms with E-state index in [4.69, 9.17) is 0 Å². The SMILES string of the molecule is C=C/C=C(\C)C1(C(=C)/C=C\C)c2ccccc2-c2ccccc21.CC.CC.CC#Cc1ccccc1. The van der Waals surface area contributed by atoms with Crippen molar-refractivity contribution in [3.05, 3.63) is 144 Å². The smallest absolute Gasteiger partial charge is 0.0668 e. The van der Waals surface area contributed by atoms with Crippen LogP contribution in [0.5, 0.6) is 0 Å². The van der Waals surface area contributed by atoms with Crippen LogP contribution in [0.15, 0.2) is 127 Å². The second-order valence-electron chi connectivity index (χ2n) is 7.69. The minimum atomic E-state index is -0.312. The lowest BCUT2D eigenvalue weighted by molar-refractivity contribution is 0.748. The third-order valence-corrected chi connectivity index (χ3v) is 5.80. The Balaban J connectivity index is 0.000000417. The quantitative estimate of drug-likeness (QED) is 0.260. The molecule has 0 radical (unpaired) electrons. The number of allylic oxidation sites excluding steroid dienone is 6. The minimum absolute atomic E-state index is 0.312. The zero-order chi connectivity index (χ0) is 27.0.